The molecule has 0 aliphatic carbocycles. The van der Waals surface area contributed by atoms with E-state index in [1.165, 1.54) is 0 Å². The smallest absolute Gasteiger partial charge is 0.225 e. The van der Waals surface area contributed by atoms with Crippen molar-refractivity contribution >= 4 is 17.5 Å². The number of nitrogens with two attached hydrogens (primary N) is 1. The van der Waals surface area contributed by atoms with Crippen molar-refractivity contribution in [1.29, 1.82) is 0 Å². The number of benzene rings is 1. The lowest BCUT2D eigenvalue weighted by atomic mass is 9.97. The fraction of sp³-hybridized carbons (Fsp3) is 0.500. The predicted octanol–water partition coefficient (Wildman–Crippen LogP) is 2.74. The number of carbonyl (C=O) groups is 1. The molecule has 0 aromatic heterocycles. The summed E-state index contributed by atoms with van der Waals surface area (Å²) in [6.07, 6.45) is 0.397. The van der Waals surface area contributed by atoms with Crippen molar-refractivity contribution in [1.82, 2.24) is 4.90 Å². The van der Waals surface area contributed by atoms with Crippen molar-refractivity contribution in [3.05, 3.63) is 34.9 Å². The minimum absolute atomic E-state index is 0.0869. The highest BCUT2D eigenvalue weighted by Crippen LogP contribution is 2.38. The largest absolute Gasteiger partial charge is 0.329 e. The lowest BCUT2D eigenvalue weighted by Gasteiger charge is -2.38. The summed E-state index contributed by atoms with van der Waals surface area (Å²) < 4.78 is 0. The number of hydrogen-bond acceptors (Lipinski definition) is 2. The van der Waals surface area contributed by atoms with Crippen LogP contribution in [0.5, 0.6) is 0 Å². The second kappa shape index (κ2) is 4.56. The van der Waals surface area contributed by atoms with E-state index in [0.29, 0.717) is 11.4 Å². The van der Waals surface area contributed by atoms with Gasteiger partial charge < -0.3 is 10.6 Å². The van der Waals surface area contributed by atoms with Crippen LogP contribution in [0.1, 0.15) is 38.8 Å². The van der Waals surface area contributed by atoms with E-state index in [1.54, 1.807) is 0 Å². The Balaban J connectivity index is 2.43. The van der Waals surface area contributed by atoms with Crippen molar-refractivity contribution < 1.29 is 4.79 Å². The molecule has 3 nitrogen and oxygen atoms in total. The van der Waals surface area contributed by atoms with Gasteiger partial charge in [0.1, 0.15) is 0 Å². The maximum absolute atomic E-state index is 12.1. The molecule has 1 amide bonds. The van der Waals surface area contributed by atoms with Gasteiger partial charge in [0.15, 0.2) is 0 Å². The Morgan fingerprint density at radius 3 is 2.61 bits per heavy atom. The Kier molecular flexibility index (Phi) is 3.39. The first-order valence-electron chi connectivity index (χ1n) is 6.14. The Morgan fingerprint density at radius 1 is 1.39 bits per heavy atom. The first-order chi connectivity index (χ1) is 8.30. The Morgan fingerprint density at radius 2 is 2.06 bits per heavy atom. The molecule has 0 saturated carbocycles. The monoisotopic (exact) mass is 266 g/mol. The molecule has 1 aliphatic heterocycles. The zero-order valence-corrected chi connectivity index (χ0v) is 11.7. The number of rotatable bonds is 1. The fourth-order valence-corrected chi connectivity index (χ4v) is 2.84. The van der Waals surface area contributed by atoms with Gasteiger partial charge in [0, 0.05) is 23.0 Å². The van der Waals surface area contributed by atoms with Crippen molar-refractivity contribution in [2.24, 2.45) is 5.73 Å². The van der Waals surface area contributed by atoms with Crippen LogP contribution >= 0.6 is 11.6 Å². The molecule has 1 heterocycles. The van der Waals surface area contributed by atoms with E-state index in [0.717, 1.165) is 5.56 Å². The van der Waals surface area contributed by atoms with Crippen molar-refractivity contribution in [3.63, 3.8) is 0 Å². The third kappa shape index (κ3) is 2.38. The topological polar surface area (TPSA) is 46.3 Å². The van der Waals surface area contributed by atoms with Crippen LogP contribution in [0.15, 0.2) is 24.3 Å². The van der Waals surface area contributed by atoms with E-state index in [9.17, 15) is 4.79 Å². The fourth-order valence-electron chi connectivity index (χ4n) is 2.64. The molecule has 4 heteroatoms. The maximum atomic E-state index is 12.1. The third-order valence-corrected chi connectivity index (χ3v) is 3.51. The normalized spacial score (nSPS) is 24.7. The number of carbonyl (C=O) groups excluding carboxylic acids is 1. The number of likely N-dealkylation sites (tertiary alicyclic amines) is 1. The highest BCUT2D eigenvalue weighted by atomic mass is 35.5. The molecular weight excluding hydrogens is 248 g/mol. The Hall–Kier alpha value is -1.06. The van der Waals surface area contributed by atoms with Gasteiger partial charge in [-0.15, -0.1) is 0 Å². The molecule has 1 fully saturated rings. The molecule has 2 N–H and O–H groups in total. The van der Waals surface area contributed by atoms with Crippen LogP contribution in [0.2, 0.25) is 5.02 Å². The first kappa shape index (κ1) is 13.4. The lowest BCUT2D eigenvalue weighted by Crippen LogP contribution is -2.45. The molecule has 2 atom stereocenters. The van der Waals surface area contributed by atoms with E-state index in [1.807, 2.05) is 49.9 Å². The van der Waals surface area contributed by atoms with Gasteiger partial charge in [0.05, 0.1) is 6.04 Å². The van der Waals surface area contributed by atoms with Gasteiger partial charge in [0.25, 0.3) is 0 Å². The minimum atomic E-state index is -0.238. The molecule has 0 bridgehead atoms. The van der Waals surface area contributed by atoms with Crippen molar-refractivity contribution in [2.75, 3.05) is 0 Å². The molecule has 2 rings (SSSR count). The van der Waals surface area contributed by atoms with Crippen LogP contribution in [-0.2, 0) is 4.79 Å². The summed E-state index contributed by atoms with van der Waals surface area (Å²) in [4.78, 5) is 14.0. The van der Waals surface area contributed by atoms with Gasteiger partial charge >= 0.3 is 0 Å². The zero-order valence-electron chi connectivity index (χ0n) is 11.0. The molecule has 1 saturated heterocycles. The summed E-state index contributed by atoms with van der Waals surface area (Å²) in [7, 11) is 0. The van der Waals surface area contributed by atoms with Gasteiger partial charge in [-0.1, -0.05) is 23.7 Å². The second-order valence-corrected chi connectivity index (χ2v) is 6.24. The summed E-state index contributed by atoms with van der Waals surface area (Å²) in [5, 5.41) is 0.674. The molecule has 0 spiro atoms. The molecular formula is C14H19ClN2O. The number of nitrogens with zero attached hydrogens (tertiary/aromatic N) is 1. The van der Waals surface area contributed by atoms with Gasteiger partial charge in [0.2, 0.25) is 5.91 Å². The SMILES string of the molecule is CC(C)(C)N1C(=O)CC(N)C1c1cccc(Cl)c1. The van der Waals surface area contributed by atoms with Gasteiger partial charge in [-0.3, -0.25) is 4.79 Å². The Labute approximate surface area is 113 Å². The van der Waals surface area contributed by atoms with E-state index in [2.05, 4.69) is 0 Å². The minimum Gasteiger partial charge on any atom is -0.329 e. The second-order valence-electron chi connectivity index (χ2n) is 5.80. The standard InChI is InChI=1S/C14H19ClN2O/c1-14(2,3)17-12(18)8-11(16)13(17)9-5-4-6-10(15)7-9/h4-7,11,13H,8,16H2,1-3H3. The van der Waals surface area contributed by atoms with Crippen LogP contribution in [0.4, 0.5) is 0 Å². The lowest BCUT2D eigenvalue weighted by molar-refractivity contribution is -0.133. The first-order valence-corrected chi connectivity index (χ1v) is 6.51. The van der Waals surface area contributed by atoms with E-state index in [-0.39, 0.29) is 23.5 Å². The summed E-state index contributed by atoms with van der Waals surface area (Å²) in [5.74, 6) is 0.111. The molecule has 98 valence electrons. The van der Waals surface area contributed by atoms with Crippen molar-refractivity contribution in [3.8, 4) is 0 Å². The highest BCUT2D eigenvalue weighted by Gasteiger charge is 2.43. The predicted molar refractivity (Wildman–Crippen MR) is 73.4 cm³/mol. The molecule has 2 unspecified atom stereocenters. The summed E-state index contributed by atoms with van der Waals surface area (Å²) >= 11 is 6.03. The average molecular weight is 267 g/mol. The van der Waals surface area contributed by atoms with E-state index in [4.69, 9.17) is 17.3 Å². The van der Waals surface area contributed by atoms with Gasteiger partial charge in [-0.25, -0.2) is 0 Å². The van der Waals surface area contributed by atoms with E-state index < -0.39 is 0 Å². The van der Waals surface area contributed by atoms with Crippen LogP contribution in [-0.4, -0.2) is 22.4 Å². The van der Waals surface area contributed by atoms with Gasteiger partial charge in [-0.2, -0.15) is 0 Å². The van der Waals surface area contributed by atoms with Crippen LogP contribution in [0.25, 0.3) is 0 Å². The molecule has 1 aromatic rings. The van der Waals surface area contributed by atoms with Crippen LogP contribution in [0, 0.1) is 0 Å². The molecule has 0 radical (unpaired) electrons. The van der Waals surface area contributed by atoms with Crippen LogP contribution in [0.3, 0.4) is 0 Å². The number of halogens is 1. The number of amides is 1. The summed E-state index contributed by atoms with van der Waals surface area (Å²) in [6.45, 7) is 6.08. The molecule has 18 heavy (non-hydrogen) atoms. The van der Waals surface area contributed by atoms with E-state index >= 15 is 0 Å². The number of hydrogen-bond donors (Lipinski definition) is 1. The quantitative estimate of drug-likeness (QED) is 0.850. The van der Waals surface area contributed by atoms with Crippen LogP contribution < -0.4 is 5.73 Å². The zero-order chi connectivity index (χ0) is 13.5. The average Bonchev–Trinajstić information content (AvgIpc) is 2.53. The summed E-state index contributed by atoms with van der Waals surface area (Å²) in [6, 6.07) is 7.34. The van der Waals surface area contributed by atoms with Gasteiger partial charge in [-0.05, 0) is 38.5 Å². The Bertz CT molecular complexity index is 467. The molecule has 1 aromatic carbocycles. The third-order valence-electron chi connectivity index (χ3n) is 3.28. The summed E-state index contributed by atoms with van der Waals surface area (Å²) in [5.41, 5.74) is 6.91. The maximum Gasteiger partial charge on any atom is 0.225 e. The van der Waals surface area contributed by atoms with Crippen molar-refractivity contribution in [2.45, 2.75) is 44.8 Å². The molecule has 1 aliphatic rings. The highest BCUT2D eigenvalue weighted by molar-refractivity contribution is 6.30.